The lowest BCUT2D eigenvalue weighted by Crippen LogP contribution is -2.15. The minimum absolute atomic E-state index is 0.467. The molecule has 0 radical (unpaired) electrons. The number of primary amides is 1. The maximum atomic E-state index is 12.0. The number of nitrogens with one attached hydrogen (secondary N) is 1. The van der Waals surface area contributed by atoms with E-state index in [-0.39, 0.29) is 0 Å². The maximum Gasteiger partial charge on any atom is 0.252 e. The number of rotatable bonds is 7. The van der Waals surface area contributed by atoms with Crippen LogP contribution in [0, 0.1) is 6.92 Å². The SMILES string of the molecule is COc1cc(CCc2n[nH]c(Cc3cccc(Cl)c3)c2C(N)=O)ccc1C. The highest BCUT2D eigenvalue weighted by atomic mass is 35.5. The van der Waals surface area contributed by atoms with E-state index in [1.807, 2.05) is 43.3 Å². The number of carbonyl (C=O) groups is 1. The Hall–Kier alpha value is -2.79. The molecule has 140 valence electrons. The molecule has 0 aliphatic carbocycles. The monoisotopic (exact) mass is 383 g/mol. The van der Waals surface area contributed by atoms with Crippen LogP contribution < -0.4 is 10.5 Å². The van der Waals surface area contributed by atoms with Crippen molar-refractivity contribution in [1.82, 2.24) is 10.2 Å². The second kappa shape index (κ2) is 8.27. The van der Waals surface area contributed by atoms with Gasteiger partial charge in [0.15, 0.2) is 0 Å². The number of methoxy groups -OCH3 is 1. The average Bonchev–Trinajstić information content (AvgIpc) is 3.03. The van der Waals surface area contributed by atoms with Crippen molar-refractivity contribution < 1.29 is 9.53 Å². The second-order valence-electron chi connectivity index (χ2n) is 6.50. The fourth-order valence-electron chi connectivity index (χ4n) is 3.15. The fourth-order valence-corrected chi connectivity index (χ4v) is 3.37. The van der Waals surface area contributed by atoms with Crippen molar-refractivity contribution in [3.63, 3.8) is 0 Å². The molecule has 27 heavy (non-hydrogen) atoms. The van der Waals surface area contributed by atoms with E-state index < -0.39 is 5.91 Å². The standard InChI is InChI=1S/C21H22ClN3O2/c1-13-6-7-14(12-19(13)27-2)8-9-17-20(21(23)26)18(25-24-17)11-15-4-3-5-16(22)10-15/h3-7,10,12H,8-9,11H2,1-2H3,(H2,23,26)(H,24,25). The van der Waals surface area contributed by atoms with E-state index >= 15 is 0 Å². The molecular formula is C21H22ClN3O2. The van der Waals surface area contributed by atoms with Crippen LogP contribution in [0.15, 0.2) is 42.5 Å². The summed E-state index contributed by atoms with van der Waals surface area (Å²) in [7, 11) is 1.66. The van der Waals surface area contributed by atoms with E-state index in [0.717, 1.165) is 28.9 Å². The Morgan fingerprint density at radius 3 is 2.70 bits per heavy atom. The smallest absolute Gasteiger partial charge is 0.252 e. The number of hydrogen-bond acceptors (Lipinski definition) is 3. The number of amides is 1. The molecule has 5 nitrogen and oxygen atoms in total. The third-order valence-corrected chi connectivity index (χ3v) is 4.79. The number of aryl methyl sites for hydroxylation is 3. The number of ether oxygens (including phenoxy) is 1. The predicted molar refractivity (Wildman–Crippen MR) is 107 cm³/mol. The van der Waals surface area contributed by atoms with E-state index in [0.29, 0.717) is 34.8 Å². The molecule has 1 amide bonds. The molecule has 0 bridgehead atoms. The van der Waals surface area contributed by atoms with Gasteiger partial charge in [-0.25, -0.2) is 0 Å². The summed E-state index contributed by atoms with van der Waals surface area (Å²) in [4.78, 5) is 12.0. The van der Waals surface area contributed by atoms with E-state index in [1.54, 1.807) is 7.11 Å². The number of aromatic amines is 1. The molecule has 0 saturated heterocycles. The van der Waals surface area contributed by atoms with Crippen LogP contribution in [-0.4, -0.2) is 23.2 Å². The van der Waals surface area contributed by atoms with Gasteiger partial charge in [0, 0.05) is 11.4 Å². The summed E-state index contributed by atoms with van der Waals surface area (Å²) in [6, 6.07) is 13.6. The quantitative estimate of drug-likeness (QED) is 0.650. The van der Waals surface area contributed by atoms with Gasteiger partial charge >= 0.3 is 0 Å². The zero-order chi connectivity index (χ0) is 19.4. The zero-order valence-corrected chi connectivity index (χ0v) is 16.1. The largest absolute Gasteiger partial charge is 0.496 e. The summed E-state index contributed by atoms with van der Waals surface area (Å²) in [6.07, 6.45) is 1.86. The number of nitrogens with zero attached hydrogens (tertiary/aromatic N) is 1. The first-order valence-corrected chi connectivity index (χ1v) is 9.09. The van der Waals surface area contributed by atoms with Crippen molar-refractivity contribution in [2.75, 3.05) is 7.11 Å². The molecule has 0 atom stereocenters. The minimum Gasteiger partial charge on any atom is -0.496 e. The molecular weight excluding hydrogens is 362 g/mol. The molecule has 6 heteroatoms. The van der Waals surface area contributed by atoms with Crippen molar-refractivity contribution in [2.45, 2.75) is 26.2 Å². The van der Waals surface area contributed by atoms with Gasteiger partial charge < -0.3 is 10.5 Å². The van der Waals surface area contributed by atoms with Gasteiger partial charge in [0.05, 0.1) is 24.1 Å². The lowest BCUT2D eigenvalue weighted by molar-refractivity contribution is 0.0998. The molecule has 0 aliphatic rings. The third kappa shape index (κ3) is 4.49. The highest BCUT2D eigenvalue weighted by molar-refractivity contribution is 6.30. The van der Waals surface area contributed by atoms with Gasteiger partial charge in [-0.1, -0.05) is 35.9 Å². The molecule has 3 rings (SSSR count). The van der Waals surface area contributed by atoms with Gasteiger partial charge in [0.25, 0.3) is 5.91 Å². The van der Waals surface area contributed by atoms with Gasteiger partial charge in [-0.2, -0.15) is 5.10 Å². The summed E-state index contributed by atoms with van der Waals surface area (Å²) in [5.41, 5.74) is 10.7. The van der Waals surface area contributed by atoms with Crippen LogP contribution in [0.4, 0.5) is 0 Å². The van der Waals surface area contributed by atoms with Crippen LogP contribution in [0.3, 0.4) is 0 Å². The van der Waals surface area contributed by atoms with E-state index in [1.165, 1.54) is 0 Å². The molecule has 3 aromatic rings. The Kier molecular flexibility index (Phi) is 5.81. The Morgan fingerprint density at radius 2 is 2.00 bits per heavy atom. The normalized spacial score (nSPS) is 10.8. The van der Waals surface area contributed by atoms with Crippen molar-refractivity contribution >= 4 is 17.5 Å². The fraction of sp³-hybridized carbons (Fsp3) is 0.238. The molecule has 0 aliphatic heterocycles. The van der Waals surface area contributed by atoms with Crippen LogP contribution in [0.1, 0.15) is 38.4 Å². The van der Waals surface area contributed by atoms with Crippen LogP contribution in [0.2, 0.25) is 5.02 Å². The number of H-pyrrole nitrogens is 1. The van der Waals surface area contributed by atoms with Crippen molar-refractivity contribution in [3.8, 4) is 5.75 Å². The summed E-state index contributed by atoms with van der Waals surface area (Å²) < 4.78 is 5.37. The average molecular weight is 384 g/mol. The molecule has 1 heterocycles. The Bertz CT molecular complexity index is 966. The van der Waals surface area contributed by atoms with Crippen molar-refractivity contribution in [3.05, 3.63) is 81.1 Å². The van der Waals surface area contributed by atoms with Gasteiger partial charge in [-0.3, -0.25) is 9.89 Å². The van der Waals surface area contributed by atoms with E-state index in [2.05, 4.69) is 16.3 Å². The van der Waals surface area contributed by atoms with Crippen molar-refractivity contribution in [1.29, 1.82) is 0 Å². The molecule has 2 aromatic carbocycles. The van der Waals surface area contributed by atoms with Gasteiger partial charge in [-0.15, -0.1) is 0 Å². The Morgan fingerprint density at radius 1 is 1.19 bits per heavy atom. The topological polar surface area (TPSA) is 81.0 Å². The number of nitrogens with two attached hydrogens (primary N) is 1. The zero-order valence-electron chi connectivity index (χ0n) is 15.4. The van der Waals surface area contributed by atoms with Crippen LogP contribution in [0.25, 0.3) is 0 Å². The summed E-state index contributed by atoms with van der Waals surface area (Å²) in [6.45, 7) is 2.00. The highest BCUT2D eigenvalue weighted by Crippen LogP contribution is 2.22. The van der Waals surface area contributed by atoms with Gasteiger partial charge in [0.2, 0.25) is 0 Å². The molecule has 0 saturated carbocycles. The first-order valence-electron chi connectivity index (χ1n) is 8.71. The third-order valence-electron chi connectivity index (χ3n) is 4.56. The van der Waals surface area contributed by atoms with E-state index in [9.17, 15) is 4.79 Å². The lowest BCUT2D eigenvalue weighted by Gasteiger charge is -2.08. The number of hydrogen-bond donors (Lipinski definition) is 2. The summed E-state index contributed by atoms with van der Waals surface area (Å²) in [5, 5.41) is 7.97. The highest BCUT2D eigenvalue weighted by Gasteiger charge is 2.18. The van der Waals surface area contributed by atoms with Crippen molar-refractivity contribution in [2.24, 2.45) is 5.73 Å². The molecule has 3 N–H and O–H groups in total. The van der Waals surface area contributed by atoms with Crippen LogP contribution in [-0.2, 0) is 19.3 Å². The lowest BCUT2D eigenvalue weighted by atomic mass is 10.0. The maximum absolute atomic E-state index is 12.0. The van der Waals surface area contributed by atoms with Gasteiger partial charge in [0.1, 0.15) is 5.75 Å². The Labute approximate surface area is 163 Å². The number of benzene rings is 2. The summed E-state index contributed by atoms with van der Waals surface area (Å²) >= 11 is 6.04. The van der Waals surface area contributed by atoms with Crippen LogP contribution in [0.5, 0.6) is 5.75 Å². The molecule has 0 spiro atoms. The number of halogens is 1. The number of carbonyl (C=O) groups excluding carboxylic acids is 1. The number of aromatic nitrogens is 2. The predicted octanol–water partition coefficient (Wildman–Crippen LogP) is 3.86. The first kappa shape index (κ1) is 19.0. The summed E-state index contributed by atoms with van der Waals surface area (Å²) in [5.74, 6) is 0.378. The van der Waals surface area contributed by atoms with Gasteiger partial charge in [-0.05, 0) is 54.7 Å². The minimum atomic E-state index is -0.475. The first-order chi connectivity index (χ1) is 13.0. The Balaban J connectivity index is 1.80. The molecule has 0 unspecified atom stereocenters. The second-order valence-corrected chi connectivity index (χ2v) is 6.94. The molecule has 0 fully saturated rings. The molecule has 1 aromatic heterocycles. The van der Waals surface area contributed by atoms with E-state index in [4.69, 9.17) is 22.1 Å². The van der Waals surface area contributed by atoms with Crippen LogP contribution >= 0.6 is 11.6 Å².